The van der Waals surface area contributed by atoms with Gasteiger partial charge in [-0.1, -0.05) is 12.1 Å². The molecule has 0 bridgehead atoms. The number of halogens is 1. The number of aromatic carboxylic acids is 1. The van der Waals surface area contributed by atoms with Crippen LogP contribution in [0.25, 0.3) is 0 Å². The number of aromatic hydroxyl groups is 1. The molecule has 0 saturated carbocycles. The molecule has 1 unspecified atom stereocenters. The summed E-state index contributed by atoms with van der Waals surface area (Å²) in [7, 11) is -4.67. The molecular formula is C10H51CaClCuMgO26S. The predicted molar refractivity (Wildman–Crippen MR) is 150 cm³/mol. The largest absolute Gasteiger partial charge is 2.00 e. The average molecular weight is 783 g/mol. The summed E-state index contributed by atoms with van der Waals surface area (Å²) in [6, 6.07) is 5.81. The minimum absolute atomic E-state index is 0. The molecule has 1 aromatic rings. The molecule has 38 N–H and O–H groups in total. The van der Waals surface area contributed by atoms with Crippen LogP contribution >= 0.6 is 12.4 Å². The third-order valence-corrected chi connectivity index (χ3v) is 1.49. The molecule has 0 spiro atoms. The van der Waals surface area contributed by atoms with E-state index < -0.39 is 28.4 Å². The van der Waals surface area contributed by atoms with E-state index in [1.807, 2.05) is 0 Å². The topological polar surface area (TPSA) is 694 Å². The average Bonchev–Trinajstić information content (AvgIpc) is 2.27. The van der Waals surface area contributed by atoms with Gasteiger partial charge in [-0.3, -0.25) is 9.11 Å². The van der Waals surface area contributed by atoms with Gasteiger partial charge in [0.1, 0.15) is 17.4 Å². The Labute approximate surface area is 300 Å². The number of aliphatic hydroxyl groups is 1. The molecular weight excluding hydrogens is 732 g/mol. The SMILES string of the molecule is CC(O)C(=O)O.Cl.O.O.O.O.O.O.O.O.O.O.O.O.O.O.O.O.O=C(O)c1ccccc1O.O=S(=O)(O)O.[Ca+2].[Cu].[H-].[H-].[H-].[H-].[Mg+2]. The number of para-hydroxylation sites is 1. The number of aliphatic carboxylic acids is 1. The van der Waals surface area contributed by atoms with E-state index in [1.165, 1.54) is 19.1 Å². The monoisotopic (exact) mass is 781 g/mol. The van der Waals surface area contributed by atoms with Gasteiger partial charge in [-0.05, 0) is 19.1 Å². The minimum Gasteiger partial charge on any atom is -1.00 e. The quantitative estimate of drug-likeness (QED) is 0.121. The number of aliphatic hydroxyl groups excluding tert-OH is 1. The maximum atomic E-state index is 10.3. The Bertz CT molecular complexity index is 613. The van der Waals surface area contributed by atoms with Gasteiger partial charge in [-0.2, -0.15) is 8.42 Å². The summed E-state index contributed by atoms with van der Waals surface area (Å²) >= 11 is 0. The molecule has 0 amide bonds. The summed E-state index contributed by atoms with van der Waals surface area (Å²) < 4.78 is 31.6. The van der Waals surface area contributed by atoms with Crippen LogP contribution in [-0.2, 0) is 32.3 Å². The van der Waals surface area contributed by atoms with Crippen LogP contribution < -0.4 is 0 Å². The molecule has 1 aromatic carbocycles. The normalized spacial score (nSPS) is 5.66. The first-order valence-electron chi connectivity index (χ1n) is 4.98. The van der Waals surface area contributed by atoms with Gasteiger partial charge in [0, 0.05) is 17.1 Å². The first-order valence-corrected chi connectivity index (χ1v) is 6.38. The molecule has 41 heavy (non-hydrogen) atoms. The number of carboxylic acids is 2. The van der Waals surface area contributed by atoms with E-state index in [9.17, 15) is 9.59 Å². The van der Waals surface area contributed by atoms with Crippen molar-refractivity contribution in [2.45, 2.75) is 13.0 Å². The number of carbonyl (C=O) groups is 2. The number of hydrogen-bond donors (Lipinski definition) is 6. The van der Waals surface area contributed by atoms with Gasteiger partial charge in [0.15, 0.2) is 0 Å². The summed E-state index contributed by atoms with van der Waals surface area (Å²) in [4.78, 5) is 19.7. The van der Waals surface area contributed by atoms with Crippen molar-refractivity contribution < 1.29 is 158 Å². The van der Waals surface area contributed by atoms with Gasteiger partial charge in [0.25, 0.3) is 0 Å². The van der Waals surface area contributed by atoms with Crippen LogP contribution in [0.2, 0.25) is 0 Å². The fourth-order valence-corrected chi connectivity index (χ4v) is 0.654. The first-order chi connectivity index (χ1) is 9.36. The molecule has 0 aliphatic carbocycles. The summed E-state index contributed by atoms with van der Waals surface area (Å²) in [5.41, 5.74) is -0.0671. The molecule has 1 radical (unpaired) electrons. The van der Waals surface area contributed by atoms with Crippen molar-refractivity contribution in [3.05, 3.63) is 29.8 Å². The number of benzene rings is 1. The first kappa shape index (κ1) is 182. The molecule has 0 fully saturated rings. The van der Waals surface area contributed by atoms with Gasteiger partial charge in [0.05, 0.1) is 0 Å². The summed E-state index contributed by atoms with van der Waals surface area (Å²) in [5.74, 6) is -2.50. The zero-order valence-electron chi connectivity index (χ0n) is 24.7. The molecule has 275 valence electrons. The van der Waals surface area contributed by atoms with Crippen LogP contribution in [0.15, 0.2) is 24.3 Å². The smallest absolute Gasteiger partial charge is 1.00 e. The van der Waals surface area contributed by atoms with E-state index in [-0.39, 0.29) is 195 Å². The van der Waals surface area contributed by atoms with Crippen LogP contribution in [0.3, 0.4) is 0 Å². The molecule has 0 aliphatic rings. The number of rotatable bonds is 2. The van der Waals surface area contributed by atoms with Gasteiger partial charge in [-0.15, -0.1) is 12.4 Å². The Morgan fingerprint density at radius 3 is 0.976 bits per heavy atom. The minimum atomic E-state index is -4.67. The van der Waals surface area contributed by atoms with Crippen molar-refractivity contribution in [3.63, 3.8) is 0 Å². The van der Waals surface area contributed by atoms with E-state index in [0.717, 1.165) is 0 Å². The Hall–Kier alpha value is -0.0145. The number of hydrogen-bond acceptors (Lipinski definition) is 6. The van der Waals surface area contributed by atoms with Gasteiger partial charge < -0.3 is 114 Å². The van der Waals surface area contributed by atoms with E-state index in [0.29, 0.717) is 0 Å². The summed E-state index contributed by atoms with van der Waals surface area (Å²) in [5, 5.41) is 33.1. The zero-order chi connectivity index (χ0) is 17.2. The molecule has 0 aromatic heterocycles. The van der Waals surface area contributed by atoms with Crippen LogP contribution in [0.5, 0.6) is 5.75 Å². The maximum Gasteiger partial charge on any atom is 2.00 e. The Morgan fingerprint density at radius 2 is 0.878 bits per heavy atom. The molecule has 0 saturated heterocycles. The molecule has 1 atom stereocenters. The van der Waals surface area contributed by atoms with E-state index in [1.54, 1.807) is 12.1 Å². The van der Waals surface area contributed by atoms with E-state index in [4.69, 9.17) is 37.9 Å². The van der Waals surface area contributed by atoms with Gasteiger partial charge >= 0.3 is 83.1 Å². The van der Waals surface area contributed by atoms with E-state index >= 15 is 0 Å². The predicted octanol–water partition coefficient (Wildman–Crippen LogP) is -13.2. The third kappa shape index (κ3) is 160. The van der Waals surface area contributed by atoms with Crippen molar-refractivity contribution in [1.29, 1.82) is 0 Å². The fourth-order valence-electron chi connectivity index (χ4n) is 0.654. The maximum absolute atomic E-state index is 10.3. The van der Waals surface area contributed by atoms with Crippen molar-refractivity contribution in [1.82, 2.24) is 0 Å². The van der Waals surface area contributed by atoms with Crippen LogP contribution in [-0.4, -0.2) is 204 Å². The molecule has 26 nitrogen and oxygen atoms in total. The van der Waals surface area contributed by atoms with Gasteiger partial charge in [-0.25, -0.2) is 9.59 Å². The molecule has 1 rings (SSSR count). The second-order valence-corrected chi connectivity index (χ2v) is 4.18. The Kier molecular flexibility index (Phi) is 432. The number of phenols is 1. The van der Waals surface area contributed by atoms with Crippen molar-refractivity contribution in [2.24, 2.45) is 0 Å². The van der Waals surface area contributed by atoms with Crippen molar-refractivity contribution in [2.75, 3.05) is 0 Å². The van der Waals surface area contributed by atoms with Crippen LogP contribution in [0.4, 0.5) is 0 Å². The standard InChI is InChI=1S/C7H6O3.C3H6O3.Ca.ClH.Cu.Mg.H2O4S.16H2O.4H/c8-6-4-2-1-3-5(6)7(9)10;1-2(4)3(5)6;;;;;1-5(2,3)4;;;;;;;;;;;;;;;;;;;;/h1-4,8H,(H,9,10);2,4H,1H3,(H,5,6);;1H;;;(H2,1,2,3,4);16*1H2;;;;/q;;+2;;;+2;;;;;;;;;;;;;;;;;;4*-1. The van der Waals surface area contributed by atoms with Crippen LogP contribution in [0, 0.1) is 0 Å². The summed E-state index contributed by atoms with van der Waals surface area (Å²) in [6.45, 7) is 1.20. The molecule has 0 aliphatic heterocycles. The summed E-state index contributed by atoms with van der Waals surface area (Å²) in [6.07, 6.45) is -1.23. The van der Waals surface area contributed by atoms with Gasteiger partial charge in [0.2, 0.25) is 0 Å². The molecule has 0 heterocycles. The van der Waals surface area contributed by atoms with Crippen molar-refractivity contribution in [3.8, 4) is 5.75 Å². The van der Waals surface area contributed by atoms with Crippen LogP contribution in [0.1, 0.15) is 23.0 Å². The second kappa shape index (κ2) is 97.3. The van der Waals surface area contributed by atoms with Crippen molar-refractivity contribution >= 4 is 95.5 Å². The molecule has 31 heteroatoms. The third-order valence-electron chi connectivity index (χ3n) is 1.49. The number of carboxylic acid groups (broad SMARTS) is 2. The van der Waals surface area contributed by atoms with E-state index in [2.05, 4.69) is 0 Å². The Balaban J connectivity index is -0.00000000407. The zero-order valence-corrected chi connectivity index (χ0v) is 26.9. The fraction of sp³-hybridized carbons (Fsp3) is 0.200. The Morgan fingerprint density at radius 1 is 0.707 bits per heavy atom. The second-order valence-electron chi connectivity index (χ2n) is 3.28.